The summed E-state index contributed by atoms with van der Waals surface area (Å²) in [7, 11) is 0. The molecule has 0 atom stereocenters. The van der Waals surface area contributed by atoms with Crippen molar-refractivity contribution in [1.82, 2.24) is 0 Å². The third-order valence-electron chi connectivity index (χ3n) is 10.6. The van der Waals surface area contributed by atoms with Gasteiger partial charge in [0.05, 0.1) is 11.6 Å². The molecular formula is C46H24O4. The molecule has 0 aliphatic carbocycles. The molecule has 8 aromatic carbocycles. The van der Waals surface area contributed by atoms with E-state index >= 15 is 0 Å². The maximum atomic E-state index is 6.54. The van der Waals surface area contributed by atoms with E-state index in [1.165, 1.54) is 27.1 Å². The number of rotatable bonds is 2. The van der Waals surface area contributed by atoms with E-state index in [1.54, 1.807) is 6.26 Å². The molecule has 0 fully saturated rings. The second-order valence-electron chi connectivity index (χ2n) is 13.1. The number of hydrogen-bond acceptors (Lipinski definition) is 4. The third-order valence-corrected chi connectivity index (χ3v) is 10.6. The van der Waals surface area contributed by atoms with Crippen molar-refractivity contribution >= 4 is 98.3 Å². The molecule has 0 saturated carbocycles. The number of para-hydroxylation sites is 2. The summed E-state index contributed by atoms with van der Waals surface area (Å²) in [4.78, 5) is 0. The van der Waals surface area contributed by atoms with Crippen molar-refractivity contribution in [3.8, 4) is 22.3 Å². The number of furan rings is 4. The Kier molecular flexibility index (Phi) is 4.94. The van der Waals surface area contributed by atoms with E-state index in [2.05, 4.69) is 103 Å². The molecular weight excluding hydrogens is 617 g/mol. The number of benzene rings is 8. The van der Waals surface area contributed by atoms with Gasteiger partial charge in [0.25, 0.3) is 0 Å². The van der Waals surface area contributed by atoms with Gasteiger partial charge in [-0.15, -0.1) is 0 Å². The standard InChI is InChI=1S/C46H24O4/c1-3-12-29-27(10-1)41(25-17-20-39-35(23-25)32-19-18-31-26-9-5-7-15-37(26)49-45(31)46(32)50-39)28-11-2-4-13-30(28)42(29)36-24-40-34(21-22-47-40)44-43(36)33-14-6-8-16-38(33)48-44/h1-24H. The van der Waals surface area contributed by atoms with Crippen molar-refractivity contribution in [2.45, 2.75) is 0 Å². The molecule has 0 amide bonds. The van der Waals surface area contributed by atoms with Crippen molar-refractivity contribution in [2.75, 3.05) is 0 Å². The lowest BCUT2D eigenvalue weighted by molar-refractivity contribution is 0.615. The Labute approximate surface area is 283 Å². The number of hydrogen-bond donors (Lipinski definition) is 0. The summed E-state index contributed by atoms with van der Waals surface area (Å²) in [6.07, 6.45) is 1.75. The highest BCUT2D eigenvalue weighted by molar-refractivity contribution is 6.29. The van der Waals surface area contributed by atoms with Crippen LogP contribution in [-0.2, 0) is 0 Å². The smallest absolute Gasteiger partial charge is 0.178 e. The summed E-state index contributed by atoms with van der Waals surface area (Å²) < 4.78 is 25.4. The molecule has 50 heavy (non-hydrogen) atoms. The second-order valence-corrected chi connectivity index (χ2v) is 13.1. The maximum absolute atomic E-state index is 6.54. The molecule has 4 nitrogen and oxygen atoms in total. The van der Waals surface area contributed by atoms with Gasteiger partial charge in [0.1, 0.15) is 27.9 Å². The number of fused-ring (bicyclic) bond motifs is 14. The van der Waals surface area contributed by atoms with Crippen molar-refractivity contribution in [1.29, 1.82) is 0 Å². The fourth-order valence-electron chi connectivity index (χ4n) is 8.43. The first-order chi connectivity index (χ1) is 24.8. The van der Waals surface area contributed by atoms with Crippen LogP contribution in [0.2, 0.25) is 0 Å². The molecule has 0 radical (unpaired) electrons. The van der Waals surface area contributed by atoms with Crippen LogP contribution < -0.4 is 0 Å². The van der Waals surface area contributed by atoms with Gasteiger partial charge >= 0.3 is 0 Å². The molecule has 4 heterocycles. The van der Waals surface area contributed by atoms with Crippen LogP contribution in [0.15, 0.2) is 163 Å². The van der Waals surface area contributed by atoms with Crippen LogP contribution in [0.5, 0.6) is 0 Å². The van der Waals surface area contributed by atoms with Crippen LogP contribution in [0.3, 0.4) is 0 Å². The van der Waals surface area contributed by atoms with Crippen LogP contribution in [0, 0.1) is 0 Å². The Bertz CT molecular complexity index is 3330. The molecule has 0 saturated heterocycles. The zero-order chi connectivity index (χ0) is 32.5. The Morgan fingerprint density at radius 1 is 0.320 bits per heavy atom. The van der Waals surface area contributed by atoms with Gasteiger partial charge in [-0.1, -0.05) is 91.0 Å². The third kappa shape index (κ3) is 3.34. The average molecular weight is 641 g/mol. The SMILES string of the molecule is c1ccc2c(c1)oc1c2ccc2c3cc(-c4c5ccccc5c(-c5cc6occc6c6oc7ccccc7c56)c5ccccc45)ccc3oc21. The van der Waals surface area contributed by atoms with Gasteiger partial charge in [-0.25, -0.2) is 0 Å². The topological polar surface area (TPSA) is 52.6 Å². The highest BCUT2D eigenvalue weighted by Gasteiger charge is 2.23. The molecule has 0 unspecified atom stereocenters. The summed E-state index contributed by atoms with van der Waals surface area (Å²) >= 11 is 0. The van der Waals surface area contributed by atoms with E-state index in [1.807, 2.05) is 36.4 Å². The second kappa shape index (κ2) is 9.43. The van der Waals surface area contributed by atoms with E-state index in [0.29, 0.717) is 0 Å². The predicted octanol–water partition coefficient (Wildman–Crippen LogP) is 13.8. The molecule has 0 aliphatic heterocycles. The highest BCUT2D eigenvalue weighted by atomic mass is 16.4. The lowest BCUT2D eigenvalue weighted by Gasteiger charge is -2.18. The molecule has 0 bridgehead atoms. The van der Waals surface area contributed by atoms with Crippen LogP contribution >= 0.6 is 0 Å². The lowest BCUT2D eigenvalue weighted by atomic mass is 9.84. The lowest BCUT2D eigenvalue weighted by Crippen LogP contribution is -1.91. The first kappa shape index (κ1) is 26.2. The van der Waals surface area contributed by atoms with Crippen molar-refractivity contribution < 1.29 is 17.7 Å². The van der Waals surface area contributed by atoms with E-state index in [4.69, 9.17) is 17.7 Å². The quantitative estimate of drug-likeness (QED) is 0.176. The fraction of sp³-hybridized carbons (Fsp3) is 0. The van der Waals surface area contributed by atoms with E-state index < -0.39 is 0 Å². The summed E-state index contributed by atoms with van der Waals surface area (Å²) in [5, 5.41) is 12.1. The summed E-state index contributed by atoms with van der Waals surface area (Å²) in [5.74, 6) is 0. The summed E-state index contributed by atoms with van der Waals surface area (Å²) in [6.45, 7) is 0. The minimum absolute atomic E-state index is 0.778. The monoisotopic (exact) mass is 640 g/mol. The Morgan fingerprint density at radius 2 is 0.860 bits per heavy atom. The van der Waals surface area contributed by atoms with Crippen LogP contribution in [-0.4, -0.2) is 0 Å². The van der Waals surface area contributed by atoms with Crippen LogP contribution in [0.1, 0.15) is 0 Å². The van der Waals surface area contributed by atoms with E-state index in [0.717, 1.165) is 93.5 Å². The van der Waals surface area contributed by atoms with Gasteiger partial charge in [-0.05, 0) is 92.3 Å². The Balaban J connectivity index is 1.18. The fourth-order valence-corrected chi connectivity index (χ4v) is 8.43. The maximum Gasteiger partial charge on any atom is 0.178 e. The average Bonchev–Trinajstić information content (AvgIpc) is 3.95. The zero-order valence-electron chi connectivity index (χ0n) is 26.5. The zero-order valence-corrected chi connectivity index (χ0v) is 26.5. The van der Waals surface area contributed by atoms with Crippen molar-refractivity contribution in [3.63, 3.8) is 0 Å². The molecule has 4 aromatic heterocycles. The van der Waals surface area contributed by atoms with Gasteiger partial charge in [-0.2, -0.15) is 0 Å². The van der Waals surface area contributed by atoms with Gasteiger partial charge in [0.2, 0.25) is 0 Å². The summed E-state index contributed by atoms with van der Waals surface area (Å²) in [6, 6.07) is 49.0. The molecule has 0 spiro atoms. The van der Waals surface area contributed by atoms with Gasteiger partial charge in [0.15, 0.2) is 11.2 Å². The molecule has 232 valence electrons. The molecule has 12 aromatic rings. The van der Waals surface area contributed by atoms with Gasteiger partial charge < -0.3 is 17.7 Å². The van der Waals surface area contributed by atoms with Crippen molar-refractivity contribution in [3.05, 3.63) is 146 Å². The van der Waals surface area contributed by atoms with Gasteiger partial charge in [0, 0.05) is 32.3 Å². The largest absolute Gasteiger partial charge is 0.464 e. The predicted molar refractivity (Wildman–Crippen MR) is 204 cm³/mol. The normalized spacial score (nSPS) is 12.4. The molecule has 4 heteroatoms. The highest BCUT2D eigenvalue weighted by Crippen LogP contribution is 2.49. The Hall–Kier alpha value is -6.78. The molecule has 0 aliphatic rings. The van der Waals surface area contributed by atoms with E-state index in [9.17, 15) is 0 Å². The first-order valence-corrected chi connectivity index (χ1v) is 16.8. The van der Waals surface area contributed by atoms with Gasteiger partial charge in [-0.3, -0.25) is 0 Å². The minimum atomic E-state index is 0.778. The van der Waals surface area contributed by atoms with Crippen LogP contribution in [0.4, 0.5) is 0 Å². The molecule has 12 rings (SSSR count). The minimum Gasteiger partial charge on any atom is -0.464 e. The summed E-state index contributed by atoms with van der Waals surface area (Å²) in [5.41, 5.74) is 10.4. The van der Waals surface area contributed by atoms with Crippen LogP contribution in [0.25, 0.3) is 121 Å². The first-order valence-electron chi connectivity index (χ1n) is 16.8. The van der Waals surface area contributed by atoms with Crippen molar-refractivity contribution in [2.24, 2.45) is 0 Å². The molecule has 0 N–H and O–H groups in total. The van der Waals surface area contributed by atoms with E-state index in [-0.39, 0.29) is 0 Å². The Morgan fingerprint density at radius 3 is 1.56 bits per heavy atom.